The average Bonchev–Trinajstić information content (AvgIpc) is 2.30. The number of aryl methyl sites for hydroxylation is 2. The van der Waals surface area contributed by atoms with E-state index in [9.17, 15) is 0 Å². The van der Waals surface area contributed by atoms with Gasteiger partial charge in [0.15, 0.2) is 0 Å². The minimum atomic E-state index is 0.759. The number of benzene rings is 1. The number of hydrogen-bond acceptors (Lipinski definition) is 2. The van der Waals surface area contributed by atoms with Crippen LogP contribution in [0.5, 0.6) is 0 Å². The van der Waals surface area contributed by atoms with Crippen molar-refractivity contribution in [3.8, 4) is 0 Å². The van der Waals surface area contributed by atoms with E-state index in [1.165, 1.54) is 34.6 Å². The van der Waals surface area contributed by atoms with Crippen LogP contribution in [0, 0.1) is 19.8 Å². The number of hydrogen-bond donors (Lipinski definition) is 1. The SMILES string of the molecule is Cc1ccc(SCCCCNCC(C)C)c(C)c1. The summed E-state index contributed by atoms with van der Waals surface area (Å²) in [5.41, 5.74) is 2.77. The molecule has 0 saturated heterocycles. The van der Waals surface area contributed by atoms with E-state index in [0.29, 0.717) is 0 Å². The first kappa shape index (κ1) is 15.6. The lowest BCUT2D eigenvalue weighted by Crippen LogP contribution is -2.20. The third kappa shape index (κ3) is 6.46. The predicted octanol–water partition coefficient (Wildman–Crippen LogP) is 4.42. The van der Waals surface area contributed by atoms with Crippen molar-refractivity contribution in [3.05, 3.63) is 29.3 Å². The largest absolute Gasteiger partial charge is 0.316 e. The quantitative estimate of drug-likeness (QED) is 0.551. The molecule has 0 aliphatic rings. The van der Waals surface area contributed by atoms with Crippen molar-refractivity contribution < 1.29 is 0 Å². The molecule has 1 nitrogen and oxygen atoms in total. The zero-order valence-corrected chi connectivity index (χ0v) is 13.1. The molecule has 0 unspecified atom stereocenters. The zero-order valence-electron chi connectivity index (χ0n) is 12.3. The summed E-state index contributed by atoms with van der Waals surface area (Å²) >= 11 is 1.99. The van der Waals surface area contributed by atoms with Crippen molar-refractivity contribution in [3.63, 3.8) is 0 Å². The number of nitrogens with one attached hydrogen (secondary N) is 1. The molecular weight excluding hydrogens is 238 g/mol. The Morgan fingerprint density at radius 2 is 1.94 bits per heavy atom. The van der Waals surface area contributed by atoms with E-state index in [4.69, 9.17) is 0 Å². The molecule has 0 aromatic heterocycles. The Bertz CT molecular complexity index is 347. The number of rotatable bonds is 8. The van der Waals surface area contributed by atoms with Gasteiger partial charge in [-0.3, -0.25) is 0 Å². The van der Waals surface area contributed by atoms with Crippen molar-refractivity contribution in [2.24, 2.45) is 5.92 Å². The molecule has 1 aromatic rings. The monoisotopic (exact) mass is 265 g/mol. The van der Waals surface area contributed by atoms with Gasteiger partial charge in [-0.25, -0.2) is 0 Å². The molecule has 1 N–H and O–H groups in total. The lowest BCUT2D eigenvalue weighted by Gasteiger charge is -2.08. The van der Waals surface area contributed by atoms with Crippen LogP contribution in [-0.2, 0) is 0 Å². The Hall–Kier alpha value is -0.470. The van der Waals surface area contributed by atoms with Gasteiger partial charge in [-0.1, -0.05) is 31.5 Å². The van der Waals surface area contributed by atoms with E-state index in [0.717, 1.165) is 19.0 Å². The maximum atomic E-state index is 3.49. The Labute approximate surface area is 117 Å². The molecule has 0 aliphatic carbocycles. The van der Waals surface area contributed by atoms with Gasteiger partial charge in [-0.2, -0.15) is 0 Å². The van der Waals surface area contributed by atoms with Gasteiger partial charge in [-0.05, 0) is 63.1 Å². The molecule has 0 saturated carbocycles. The first-order valence-electron chi connectivity index (χ1n) is 7.00. The average molecular weight is 265 g/mol. The second-order valence-electron chi connectivity index (χ2n) is 5.42. The topological polar surface area (TPSA) is 12.0 Å². The van der Waals surface area contributed by atoms with Gasteiger partial charge in [0.05, 0.1) is 0 Å². The smallest absolute Gasteiger partial charge is 0.0101 e. The highest BCUT2D eigenvalue weighted by molar-refractivity contribution is 7.99. The summed E-state index contributed by atoms with van der Waals surface area (Å²) in [5, 5.41) is 3.49. The van der Waals surface area contributed by atoms with E-state index in [1.54, 1.807) is 0 Å². The van der Waals surface area contributed by atoms with Crippen LogP contribution in [-0.4, -0.2) is 18.8 Å². The Morgan fingerprint density at radius 1 is 1.17 bits per heavy atom. The highest BCUT2D eigenvalue weighted by Crippen LogP contribution is 2.23. The molecule has 1 rings (SSSR count). The predicted molar refractivity (Wildman–Crippen MR) is 83.6 cm³/mol. The molecular formula is C16H27NS. The summed E-state index contributed by atoms with van der Waals surface area (Å²) < 4.78 is 0. The maximum absolute atomic E-state index is 3.49. The van der Waals surface area contributed by atoms with E-state index < -0.39 is 0 Å². The summed E-state index contributed by atoms with van der Waals surface area (Å²) in [6.07, 6.45) is 2.58. The maximum Gasteiger partial charge on any atom is 0.0101 e. The number of thioether (sulfide) groups is 1. The molecule has 2 heteroatoms. The van der Waals surface area contributed by atoms with Crippen molar-refractivity contribution in [2.75, 3.05) is 18.8 Å². The normalized spacial score (nSPS) is 11.2. The van der Waals surface area contributed by atoms with Crippen molar-refractivity contribution in [2.45, 2.75) is 45.4 Å². The summed E-state index contributed by atoms with van der Waals surface area (Å²) in [4.78, 5) is 1.44. The highest BCUT2D eigenvalue weighted by atomic mass is 32.2. The van der Waals surface area contributed by atoms with E-state index >= 15 is 0 Å². The Balaban J connectivity index is 2.11. The molecule has 18 heavy (non-hydrogen) atoms. The van der Waals surface area contributed by atoms with Crippen molar-refractivity contribution in [1.82, 2.24) is 5.32 Å². The van der Waals surface area contributed by atoms with Crippen LogP contribution < -0.4 is 5.32 Å². The fraction of sp³-hybridized carbons (Fsp3) is 0.625. The van der Waals surface area contributed by atoms with Gasteiger partial charge in [-0.15, -0.1) is 11.8 Å². The summed E-state index contributed by atoms with van der Waals surface area (Å²) in [7, 11) is 0. The van der Waals surface area contributed by atoms with E-state index in [1.807, 2.05) is 11.8 Å². The lowest BCUT2D eigenvalue weighted by atomic mass is 10.2. The van der Waals surface area contributed by atoms with Crippen LogP contribution >= 0.6 is 11.8 Å². The fourth-order valence-electron chi connectivity index (χ4n) is 1.89. The van der Waals surface area contributed by atoms with Crippen LogP contribution in [0.15, 0.2) is 23.1 Å². The molecule has 1 aromatic carbocycles. The zero-order chi connectivity index (χ0) is 13.4. The highest BCUT2D eigenvalue weighted by Gasteiger charge is 1.99. The van der Waals surface area contributed by atoms with Crippen LogP contribution in [0.1, 0.15) is 37.8 Å². The van der Waals surface area contributed by atoms with Crippen LogP contribution in [0.3, 0.4) is 0 Å². The number of unbranched alkanes of at least 4 members (excludes halogenated alkanes) is 1. The fourth-order valence-corrected chi connectivity index (χ4v) is 2.91. The summed E-state index contributed by atoms with van der Waals surface area (Å²) in [5.74, 6) is 1.99. The Kier molecular flexibility index (Phi) is 7.45. The minimum Gasteiger partial charge on any atom is -0.316 e. The first-order chi connectivity index (χ1) is 8.59. The lowest BCUT2D eigenvalue weighted by molar-refractivity contribution is 0.541. The van der Waals surface area contributed by atoms with Gasteiger partial charge in [0, 0.05) is 4.90 Å². The molecule has 0 amide bonds. The van der Waals surface area contributed by atoms with Gasteiger partial charge >= 0.3 is 0 Å². The molecule has 0 atom stereocenters. The van der Waals surface area contributed by atoms with Crippen LogP contribution in [0.4, 0.5) is 0 Å². The molecule has 0 fully saturated rings. The molecule has 0 spiro atoms. The molecule has 102 valence electrons. The minimum absolute atomic E-state index is 0.759. The third-order valence-corrected chi connectivity index (χ3v) is 4.15. The summed E-state index contributed by atoms with van der Waals surface area (Å²) in [6, 6.07) is 6.73. The van der Waals surface area contributed by atoms with Crippen molar-refractivity contribution >= 4 is 11.8 Å². The van der Waals surface area contributed by atoms with Gasteiger partial charge in [0.2, 0.25) is 0 Å². The first-order valence-corrected chi connectivity index (χ1v) is 7.99. The van der Waals surface area contributed by atoms with E-state index in [-0.39, 0.29) is 0 Å². The van der Waals surface area contributed by atoms with Crippen molar-refractivity contribution in [1.29, 1.82) is 0 Å². The Morgan fingerprint density at radius 3 is 2.61 bits per heavy atom. The molecule has 0 bridgehead atoms. The second kappa shape index (κ2) is 8.60. The van der Waals surface area contributed by atoms with Gasteiger partial charge in [0.1, 0.15) is 0 Å². The molecule has 0 radical (unpaired) electrons. The van der Waals surface area contributed by atoms with E-state index in [2.05, 4.69) is 51.2 Å². The summed E-state index contributed by atoms with van der Waals surface area (Å²) in [6.45, 7) is 11.2. The second-order valence-corrected chi connectivity index (χ2v) is 6.56. The third-order valence-electron chi connectivity index (χ3n) is 2.89. The van der Waals surface area contributed by atoms with Gasteiger partial charge in [0.25, 0.3) is 0 Å². The standard InChI is InChI=1S/C16H27NS/c1-13(2)12-17-9-5-6-10-18-16-8-7-14(3)11-15(16)4/h7-8,11,13,17H,5-6,9-10,12H2,1-4H3. The van der Waals surface area contributed by atoms with Gasteiger partial charge < -0.3 is 5.32 Å². The molecule has 0 aliphatic heterocycles. The van der Waals surface area contributed by atoms with Crippen LogP contribution in [0.2, 0.25) is 0 Å². The van der Waals surface area contributed by atoms with Crippen LogP contribution in [0.25, 0.3) is 0 Å². The molecule has 0 heterocycles.